The molecule has 124 valence electrons. The van der Waals surface area contributed by atoms with Crippen LogP contribution in [-0.2, 0) is 16.6 Å². The van der Waals surface area contributed by atoms with Crippen LogP contribution in [0.4, 0.5) is 0 Å². The zero-order valence-corrected chi connectivity index (χ0v) is 14.0. The molecule has 0 radical (unpaired) electrons. The van der Waals surface area contributed by atoms with Gasteiger partial charge in [-0.3, -0.25) is 15.0 Å². The molecule has 6 nitrogen and oxygen atoms in total. The molecule has 2 aliphatic rings. The first-order chi connectivity index (χ1) is 11.7. The molecule has 2 aromatic heterocycles. The monoisotopic (exact) mass is 342 g/mol. The highest BCUT2D eigenvalue weighted by Gasteiger charge is 2.39. The Hall–Kier alpha value is -2.12. The van der Waals surface area contributed by atoms with Gasteiger partial charge >= 0.3 is 0 Å². The van der Waals surface area contributed by atoms with Crippen molar-refractivity contribution >= 4 is 15.1 Å². The third-order valence-corrected chi connectivity index (χ3v) is 6.46. The lowest BCUT2D eigenvalue weighted by Crippen LogP contribution is -2.42. The molecule has 1 fully saturated rings. The topological polar surface area (TPSA) is 75.5 Å². The quantitative estimate of drug-likeness (QED) is 0.839. The average Bonchev–Trinajstić information content (AvgIpc) is 3.07. The molecule has 4 heterocycles. The molecule has 0 spiro atoms. The normalized spacial score (nSPS) is 21.3. The van der Waals surface area contributed by atoms with Gasteiger partial charge in [-0.2, -0.15) is 4.31 Å². The van der Waals surface area contributed by atoms with E-state index >= 15 is 0 Å². The summed E-state index contributed by atoms with van der Waals surface area (Å²) in [5.41, 5.74) is 2.30. The van der Waals surface area contributed by atoms with Crippen LogP contribution in [0.1, 0.15) is 42.1 Å². The molecule has 1 unspecified atom stereocenters. The Balaban J connectivity index is 1.73. The van der Waals surface area contributed by atoms with Gasteiger partial charge in [0.1, 0.15) is 0 Å². The SMILES string of the molecule is O=S(=O)(C1=NCc2ncccc21)N1CCCCC1c1cccnc1. The van der Waals surface area contributed by atoms with Crippen LogP contribution in [0.3, 0.4) is 0 Å². The van der Waals surface area contributed by atoms with Gasteiger partial charge in [-0.05, 0) is 36.6 Å². The van der Waals surface area contributed by atoms with Crippen molar-refractivity contribution in [3.05, 3.63) is 59.7 Å². The molecule has 24 heavy (non-hydrogen) atoms. The largest absolute Gasteiger partial charge is 0.265 e. The lowest BCUT2D eigenvalue weighted by Gasteiger charge is -2.34. The first-order valence-corrected chi connectivity index (χ1v) is 9.52. The van der Waals surface area contributed by atoms with Gasteiger partial charge in [-0.15, -0.1) is 0 Å². The summed E-state index contributed by atoms with van der Waals surface area (Å²) in [6, 6.07) is 7.15. The maximum absolute atomic E-state index is 13.3. The number of hydrogen-bond acceptors (Lipinski definition) is 5. The maximum Gasteiger partial charge on any atom is 0.261 e. The van der Waals surface area contributed by atoms with E-state index in [1.807, 2.05) is 12.1 Å². The molecule has 7 heteroatoms. The average molecular weight is 342 g/mol. The number of aromatic nitrogens is 2. The Morgan fingerprint density at radius 3 is 2.83 bits per heavy atom. The number of pyridine rings is 2. The van der Waals surface area contributed by atoms with Crippen LogP contribution in [0.5, 0.6) is 0 Å². The second kappa shape index (κ2) is 6.07. The second-order valence-electron chi connectivity index (χ2n) is 6.03. The summed E-state index contributed by atoms with van der Waals surface area (Å²) in [4.78, 5) is 12.7. The first kappa shape index (κ1) is 15.4. The van der Waals surface area contributed by atoms with E-state index in [1.165, 1.54) is 0 Å². The summed E-state index contributed by atoms with van der Waals surface area (Å²) in [7, 11) is -3.66. The van der Waals surface area contributed by atoms with Crippen LogP contribution >= 0.6 is 0 Å². The van der Waals surface area contributed by atoms with E-state index in [2.05, 4.69) is 15.0 Å². The summed E-state index contributed by atoms with van der Waals surface area (Å²) in [6.07, 6.45) is 7.80. The summed E-state index contributed by atoms with van der Waals surface area (Å²) >= 11 is 0. The fourth-order valence-corrected chi connectivity index (χ4v) is 5.27. The van der Waals surface area contributed by atoms with Crippen molar-refractivity contribution in [1.82, 2.24) is 14.3 Å². The number of aliphatic imine (C=N–C) groups is 1. The van der Waals surface area contributed by atoms with Gasteiger partial charge < -0.3 is 0 Å². The summed E-state index contributed by atoms with van der Waals surface area (Å²) in [6.45, 7) is 0.840. The number of piperidine rings is 1. The Morgan fingerprint density at radius 2 is 2.00 bits per heavy atom. The lowest BCUT2D eigenvalue weighted by molar-refractivity contribution is 0.259. The molecule has 4 rings (SSSR count). The summed E-state index contributed by atoms with van der Waals surface area (Å²) in [5.74, 6) is 0. The van der Waals surface area contributed by atoms with Crippen molar-refractivity contribution in [1.29, 1.82) is 0 Å². The highest BCUT2D eigenvalue weighted by molar-refractivity contribution is 8.05. The number of rotatable bonds is 2. The van der Waals surface area contributed by atoms with Gasteiger partial charge in [0.25, 0.3) is 10.0 Å². The van der Waals surface area contributed by atoms with E-state index < -0.39 is 10.0 Å². The third-order valence-electron chi connectivity index (χ3n) is 4.57. The van der Waals surface area contributed by atoms with E-state index in [0.29, 0.717) is 18.7 Å². The van der Waals surface area contributed by atoms with Gasteiger partial charge in [0.05, 0.1) is 18.3 Å². The second-order valence-corrected chi connectivity index (χ2v) is 7.84. The number of hydrogen-bond donors (Lipinski definition) is 0. The van der Waals surface area contributed by atoms with Crippen molar-refractivity contribution in [3.63, 3.8) is 0 Å². The minimum Gasteiger partial charge on any atom is -0.265 e. The van der Waals surface area contributed by atoms with E-state index in [9.17, 15) is 8.42 Å². The van der Waals surface area contributed by atoms with Crippen molar-refractivity contribution in [3.8, 4) is 0 Å². The van der Waals surface area contributed by atoms with Gasteiger partial charge in [0, 0.05) is 30.7 Å². The molecule has 2 aliphatic heterocycles. The van der Waals surface area contributed by atoms with Crippen molar-refractivity contribution in [2.45, 2.75) is 31.8 Å². The van der Waals surface area contributed by atoms with Crippen molar-refractivity contribution < 1.29 is 8.42 Å². The summed E-state index contributed by atoms with van der Waals surface area (Å²) in [5, 5.41) is 0.154. The smallest absolute Gasteiger partial charge is 0.261 e. The molecule has 0 aromatic carbocycles. The molecular formula is C17H18N4O2S. The van der Waals surface area contributed by atoms with Crippen LogP contribution < -0.4 is 0 Å². The minimum atomic E-state index is -3.66. The predicted molar refractivity (Wildman–Crippen MR) is 90.9 cm³/mol. The van der Waals surface area contributed by atoms with Crippen LogP contribution in [0.15, 0.2) is 47.8 Å². The van der Waals surface area contributed by atoms with Crippen LogP contribution in [0.25, 0.3) is 0 Å². The Morgan fingerprint density at radius 1 is 1.12 bits per heavy atom. The number of nitrogens with zero attached hydrogens (tertiary/aromatic N) is 4. The first-order valence-electron chi connectivity index (χ1n) is 8.08. The van der Waals surface area contributed by atoms with E-state index in [0.717, 1.165) is 30.5 Å². The van der Waals surface area contributed by atoms with E-state index in [-0.39, 0.29) is 11.1 Å². The zero-order chi connectivity index (χ0) is 16.6. The molecule has 0 aliphatic carbocycles. The van der Waals surface area contributed by atoms with Gasteiger partial charge in [-0.1, -0.05) is 12.5 Å². The van der Waals surface area contributed by atoms with Gasteiger partial charge in [-0.25, -0.2) is 8.42 Å². The standard InChI is InChI=1S/C17H18N4O2S/c22-24(23,17-14-6-4-9-19-15(14)12-20-17)21-10-2-1-7-16(21)13-5-3-8-18-11-13/h3-6,8-9,11,16H,1-2,7,10,12H2. The van der Waals surface area contributed by atoms with Crippen molar-refractivity contribution in [2.75, 3.05) is 6.54 Å². The van der Waals surface area contributed by atoms with Crippen LogP contribution in [0.2, 0.25) is 0 Å². The number of sulfonamides is 1. The molecular weight excluding hydrogens is 324 g/mol. The lowest BCUT2D eigenvalue weighted by atomic mass is 9.99. The fraction of sp³-hybridized carbons (Fsp3) is 0.353. The molecule has 0 bridgehead atoms. The molecule has 1 saturated heterocycles. The highest BCUT2D eigenvalue weighted by Crippen LogP contribution is 2.35. The predicted octanol–water partition coefficient (Wildman–Crippen LogP) is 2.29. The van der Waals surface area contributed by atoms with Crippen LogP contribution in [-0.4, -0.2) is 34.3 Å². The molecule has 0 N–H and O–H groups in total. The molecule has 1 atom stereocenters. The number of fused-ring (bicyclic) bond motifs is 1. The fourth-order valence-electron chi connectivity index (χ4n) is 3.42. The van der Waals surface area contributed by atoms with Gasteiger partial charge in [0.2, 0.25) is 0 Å². The highest BCUT2D eigenvalue weighted by atomic mass is 32.2. The van der Waals surface area contributed by atoms with E-state index in [1.54, 1.807) is 35.0 Å². The minimum absolute atomic E-state index is 0.154. The molecule has 0 saturated carbocycles. The Bertz CT molecular complexity index is 880. The van der Waals surface area contributed by atoms with Crippen molar-refractivity contribution in [2.24, 2.45) is 4.99 Å². The Kier molecular flexibility index (Phi) is 3.90. The maximum atomic E-state index is 13.3. The molecule has 2 aromatic rings. The van der Waals surface area contributed by atoms with Gasteiger partial charge in [0.15, 0.2) is 5.04 Å². The third kappa shape index (κ3) is 2.53. The summed E-state index contributed by atoms with van der Waals surface area (Å²) < 4.78 is 28.2. The Labute approximate surface area is 141 Å². The van der Waals surface area contributed by atoms with E-state index in [4.69, 9.17) is 0 Å². The van der Waals surface area contributed by atoms with Crippen LogP contribution in [0, 0.1) is 0 Å². The molecule has 0 amide bonds. The zero-order valence-electron chi connectivity index (χ0n) is 13.2.